The number of amides is 2. The number of hydrogen-bond donors (Lipinski definition) is 4. The van der Waals surface area contributed by atoms with Crippen LogP contribution in [0.1, 0.15) is 62.3 Å². The standard InChI is InChI=1S/C29H32N4O4/c1-15-10-25(35)31-22-9-5-8-20(27(22)30-15)23-12-17-6-4-7-19(29(17)33(23)3)21-13-18(34)14-24-28(21)32-26(36)11-16(2)37-24/h5,8-9,12-16,19,30,34H,4,6-7,10-11H2,1-3H3,(H,31,35)(H,32,36)/t15-,16-,19?/m1/s1. The smallest absolute Gasteiger partial charge is 0.228 e. The molecule has 0 saturated carbocycles. The Morgan fingerprint density at radius 2 is 1.84 bits per heavy atom. The Morgan fingerprint density at radius 3 is 2.68 bits per heavy atom. The highest BCUT2D eigenvalue weighted by Crippen LogP contribution is 2.48. The zero-order valence-corrected chi connectivity index (χ0v) is 21.4. The van der Waals surface area contributed by atoms with Gasteiger partial charge in [-0.1, -0.05) is 12.1 Å². The van der Waals surface area contributed by atoms with Crippen molar-refractivity contribution in [2.75, 3.05) is 16.0 Å². The number of anilines is 3. The van der Waals surface area contributed by atoms with Crippen molar-refractivity contribution in [1.82, 2.24) is 4.57 Å². The minimum atomic E-state index is -0.275. The van der Waals surface area contributed by atoms with Gasteiger partial charge in [0, 0.05) is 42.8 Å². The van der Waals surface area contributed by atoms with E-state index in [0.717, 1.165) is 47.5 Å². The van der Waals surface area contributed by atoms with Gasteiger partial charge in [-0.25, -0.2) is 0 Å². The molecule has 192 valence electrons. The van der Waals surface area contributed by atoms with E-state index in [4.69, 9.17) is 4.74 Å². The molecule has 3 aromatic rings. The molecule has 4 N–H and O–H groups in total. The number of fused-ring (bicyclic) bond motifs is 3. The summed E-state index contributed by atoms with van der Waals surface area (Å²) in [7, 11) is 2.07. The van der Waals surface area contributed by atoms with Crippen molar-refractivity contribution in [3.8, 4) is 22.8 Å². The third-order valence-corrected chi connectivity index (χ3v) is 7.69. The molecule has 0 saturated heterocycles. The molecule has 2 aliphatic heterocycles. The molecule has 1 aliphatic carbocycles. The number of nitrogens with zero attached hydrogens (tertiary/aromatic N) is 1. The molecule has 2 aromatic carbocycles. The molecule has 6 rings (SSSR count). The van der Waals surface area contributed by atoms with Crippen LogP contribution in [0.15, 0.2) is 36.4 Å². The zero-order chi connectivity index (χ0) is 25.8. The van der Waals surface area contributed by atoms with E-state index in [0.29, 0.717) is 17.9 Å². The third kappa shape index (κ3) is 4.10. The molecular formula is C29H32N4O4. The molecule has 37 heavy (non-hydrogen) atoms. The van der Waals surface area contributed by atoms with E-state index in [1.54, 1.807) is 12.1 Å². The minimum absolute atomic E-state index is 0.00491. The first-order chi connectivity index (χ1) is 17.8. The zero-order valence-electron chi connectivity index (χ0n) is 21.4. The van der Waals surface area contributed by atoms with Crippen molar-refractivity contribution in [2.24, 2.45) is 7.05 Å². The lowest BCUT2D eigenvalue weighted by Gasteiger charge is -2.28. The molecule has 3 atom stereocenters. The van der Waals surface area contributed by atoms with Gasteiger partial charge in [0.2, 0.25) is 11.8 Å². The molecule has 1 unspecified atom stereocenters. The largest absolute Gasteiger partial charge is 0.508 e. The van der Waals surface area contributed by atoms with Gasteiger partial charge in [0.15, 0.2) is 0 Å². The van der Waals surface area contributed by atoms with Gasteiger partial charge in [-0.05, 0) is 62.4 Å². The molecule has 0 bridgehead atoms. The summed E-state index contributed by atoms with van der Waals surface area (Å²) in [5.41, 5.74) is 7.75. The summed E-state index contributed by atoms with van der Waals surface area (Å²) >= 11 is 0. The van der Waals surface area contributed by atoms with Gasteiger partial charge in [0.25, 0.3) is 0 Å². The van der Waals surface area contributed by atoms with E-state index in [1.165, 1.54) is 11.3 Å². The monoisotopic (exact) mass is 500 g/mol. The van der Waals surface area contributed by atoms with Crippen molar-refractivity contribution in [2.45, 2.75) is 64.0 Å². The van der Waals surface area contributed by atoms with Crippen LogP contribution in [0.25, 0.3) is 11.3 Å². The number of carbonyl (C=O) groups excluding carboxylic acids is 2. The summed E-state index contributed by atoms with van der Waals surface area (Å²) in [6, 6.07) is 11.6. The average Bonchev–Trinajstić information content (AvgIpc) is 2.98. The lowest BCUT2D eigenvalue weighted by atomic mass is 9.82. The molecule has 3 aliphatic rings. The number of benzene rings is 2. The van der Waals surface area contributed by atoms with Crippen molar-refractivity contribution < 1.29 is 19.4 Å². The predicted octanol–water partition coefficient (Wildman–Crippen LogP) is 5.12. The van der Waals surface area contributed by atoms with E-state index in [2.05, 4.69) is 39.7 Å². The number of para-hydroxylation sites is 1. The Balaban J connectivity index is 1.49. The number of ether oxygens (including phenoxy) is 1. The molecule has 8 heteroatoms. The van der Waals surface area contributed by atoms with Crippen LogP contribution >= 0.6 is 0 Å². The highest BCUT2D eigenvalue weighted by Gasteiger charge is 2.33. The van der Waals surface area contributed by atoms with Crippen LogP contribution < -0.4 is 20.7 Å². The summed E-state index contributed by atoms with van der Waals surface area (Å²) in [6.07, 6.45) is 3.24. The van der Waals surface area contributed by atoms with Crippen LogP contribution in [-0.2, 0) is 23.1 Å². The Bertz CT molecular complexity index is 1430. The summed E-state index contributed by atoms with van der Waals surface area (Å²) in [5.74, 6) is 0.536. The van der Waals surface area contributed by atoms with Crippen LogP contribution in [0, 0.1) is 0 Å². The Hall–Kier alpha value is -3.94. The third-order valence-electron chi connectivity index (χ3n) is 7.69. The maximum atomic E-state index is 12.6. The summed E-state index contributed by atoms with van der Waals surface area (Å²) in [5, 5.41) is 20.2. The molecule has 8 nitrogen and oxygen atoms in total. The summed E-state index contributed by atoms with van der Waals surface area (Å²) < 4.78 is 8.26. The van der Waals surface area contributed by atoms with E-state index in [1.807, 2.05) is 26.0 Å². The second kappa shape index (κ2) is 8.87. The number of aromatic nitrogens is 1. The second-order valence-electron chi connectivity index (χ2n) is 10.6. The molecular weight excluding hydrogens is 468 g/mol. The van der Waals surface area contributed by atoms with Crippen LogP contribution in [-0.4, -0.2) is 33.6 Å². The average molecular weight is 501 g/mol. The van der Waals surface area contributed by atoms with Crippen molar-refractivity contribution in [3.63, 3.8) is 0 Å². The lowest BCUT2D eigenvalue weighted by molar-refractivity contribution is -0.117. The maximum absolute atomic E-state index is 12.6. The molecule has 1 aromatic heterocycles. The molecule has 0 radical (unpaired) electrons. The number of aromatic hydroxyl groups is 1. The minimum Gasteiger partial charge on any atom is -0.508 e. The fraction of sp³-hybridized carbons (Fsp3) is 0.379. The fourth-order valence-electron chi connectivity index (χ4n) is 6.17. The maximum Gasteiger partial charge on any atom is 0.228 e. The number of aryl methyl sites for hydroxylation is 1. The van der Waals surface area contributed by atoms with Crippen molar-refractivity contribution in [3.05, 3.63) is 53.2 Å². The van der Waals surface area contributed by atoms with Gasteiger partial charge < -0.3 is 30.4 Å². The lowest BCUT2D eigenvalue weighted by Crippen LogP contribution is -2.19. The number of hydrogen-bond acceptors (Lipinski definition) is 5. The van der Waals surface area contributed by atoms with E-state index in [9.17, 15) is 14.7 Å². The van der Waals surface area contributed by atoms with Crippen LogP contribution in [0.3, 0.4) is 0 Å². The fourth-order valence-corrected chi connectivity index (χ4v) is 6.17. The number of carbonyl (C=O) groups is 2. The topological polar surface area (TPSA) is 105 Å². The predicted molar refractivity (Wildman–Crippen MR) is 143 cm³/mol. The Labute approximate surface area is 216 Å². The molecule has 3 heterocycles. The number of phenols is 1. The number of phenolic OH excluding ortho intramolecular Hbond substituents is 1. The normalized spacial score (nSPS) is 22.7. The van der Waals surface area contributed by atoms with E-state index < -0.39 is 0 Å². The second-order valence-corrected chi connectivity index (χ2v) is 10.6. The van der Waals surface area contributed by atoms with Crippen molar-refractivity contribution >= 4 is 28.9 Å². The van der Waals surface area contributed by atoms with Crippen molar-refractivity contribution in [1.29, 1.82) is 0 Å². The van der Waals surface area contributed by atoms with Gasteiger partial charge in [-0.2, -0.15) is 0 Å². The van der Waals surface area contributed by atoms with Crippen LogP contribution in [0.4, 0.5) is 17.1 Å². The first kappa shape index (κ1) is 23.5. The Morgan fingerprint density at radius 1 is 1.03 bits per heavy atom. The summed E-state index contributed by atoms with van der Waals surface area (Å²) in [6.45, 7) is 3.88. The molecule has 2 amide bonds. The van der Waals surface area contributed by atoms with Gasteiger partial charge in [-0.15, -0.1) is 0 Å². The van der Waals surface area contributed by atoms with Gasteiger partial charge in [-0.3, -0.25) is 9.59 Å². The molecule has 0 fully saturated rings. The first-order valence-corrected chi connectivity index (χ1v) is 13.0. The van der Waals surface area contributed by atoms with Crippen LogP contribution in [0.2, 0.25) is 0 Å². The van der Waals surface area contributed by atoms with Gasteiger partial charge >= 0.3 is 0 Å². The number of rotatable bonds is 2. The quantitative estimate of drug-likeness (QED) is 0.366. The first-order valence-electron chi connectivity index (χ1n) is 13.0. The number of nitrogens with one attached hydrogen (secondary N) is 3. The highest BCUT2D eigenvalue weighted by atomic mass is 16.5. The van der Waals surface area contributed by atoms with Gasteiger partial charge in [0.05, 0.1) is 29.2 Å². The summed E-state index contributed by atoms with van der Waals surface area (Å²) in [4.78, 5) is 24.9. The highest BCUT2D eigenvalue weighted by molar-refractivity contribution is 6.00. The Kier molecular flexibility index (Phi) is 5.62. The SMILES string of the molecule is C[C@@H]1CC(=O)Nc2cccc(-c3cc4c(n3C)C(c3cc(O)cc5c3NC(=O)C[C@@H](C)O5)CCC4)c2N1. The van der Waals surface area contributed by atoms with Crippen LogP contribution in [0.5, 0.6) is 11.5 Å². The van der Waals surface area contributed by atoms with E-state index >= 15 is 0 Å². The van der Waals surface area contributed by atoms with Gasteiger partial charge in [0.1, 0.15) is 17.6 Å². The van der Waals surface area contributed by atoms with E-state index in [-0.39, 0.29) is 42.0 Å². The molecule has 0 spiro atoms.